The van der Waals surface area contributed by atoms with Crippen molar-refractivity contribution in [3.05, 3.63) is 24.3 Å². The molecule has 0 bridgehead atoms. The highest BCUT2D eigenvalue weighted by atomic mass is 16.5. The van der Waals surface area contributed by atoms with Gasteiger partial charge in [-0.05, 0) is 63.5 Å². The number of likely N-dealkylation sites (N-methyl/N-ethyl adjacent to an activating group) is 1. The van der Waals surface area contributed by atoms with E-state index in [-0.39, 0.29) is 0 Å². The van der Waals surface area contributed by atoms with E-state index in [0.29, 0.717) is 31.0 Å². The second-order valence-electron chi connectivity index (χ2n) is 7.47. The second-order valence-corrected chi connectivity index (χ2v) is 7.47. The topological polar surface area (TPSA) is 42.0 Å². The molecule has 2 aliphatic rings. The Morgan fingerprint density at radius 1 is 1.04 bits per heavy atom. The average Bonchev–Trinajstić information content (AvgIpc) is 3.07. The summed E-state index contributed by atoms with van der Waals surface area (Å²) in [4.78, 5) is 17.4. The quantitative estimate of drug-likeness (QED) is 0.730. The normalized spacial score (nSPS) is 23.8. The van der Waals surface area contributed by atoms with Gasteiger partial charge in [0.25, 0.3) is 0 Å². The van der Waals surface area contributed by atoms with E-state index in [1.807, 2.05) is 24.3 Å². The van der Waals surface area contributed by atoms with E-state index in [1.165, 1.54) is 25.8 Å². The molecule has 0 aliphatic carbocycles. The first-order valence-electron chi connectivity index (χ1n) is 9.95. The number of rotatable bonds is 6. The number of carbonyl (C=O) groups is 1. The summed E-state index contributed by atoms with van der Waals surface area (Å²) >= 11 is 0. The lowest BCUT2D eigenvalue weighted by molar-refractivity contribution is -0.132. The van der Waals surface area contributed by atoms with Gasteiger partial charge in [-0.3, -0.25) is 4.79 Å². The third-order valence-electron chi connectivity index (χ3n) is 5.77. The van der Waals surface area contributed by atoms with E-state index in [9.17, 15) is 4.79 Å². The van der Waals surface area contributed by atoms with Gasteiger partial charge < -0.3 is 19.3 Å². The molecule has 2 aliphatic heterocycles. The number of fused-ring (bicyclic) bond motifs is 1. The van der Waals surface area contributed by atoms with Crippen LogP contribution in [0.15, 0.2) is 24.3 Å². The average molecular weight is 360 g/mol. The fourth-order valence-electron chi connectivity index (χ4n) is 4.30. The van der Waals surface area contributed by atoms with Gasteiger partial charge in [-0.25, -0.2) is 0 Å². The van der Waals surface area contributed by atoms with Crippen LogP contribution in [0.4, 0.5) is 0 Å². The summed E-state index contributed by atoms with van der Waals surface area (Å²) in [5, 5.41) is 0. The standard InChI is InChI=1S/C21H32N2O3/c1-22-14-5-3-4-7-20-19(22)13-15-23(20)21(24)8-6-16-26-18-11-9-17(25-2)10-12-18/h9-12,19-20H,3-8,13-16H2,1-2H3/t19-,20+/m0/s1. The first-order chi connectivity index (χ1) is 12.7. The van der Waals surface area contributed by atoms with E-state index >= 15 is 0 Å². The van der Waals surface area contributed by atoms with E-state index in [0.717, 1.165) is 37.3 Å². The van der Waals surface area contributed by atoms with E-state index in [4.69, 9.17) is 9.47 Å². The fourth-order valence-corrected chi connectivity index (χ4v) is 4.30. The number of nitrogens with zero attached hydrogens (tertiary/aromatic N) is 2. The monoisotopic (exact) mass is 360 g/mol. The number of methoxy groups -OCH3 is 1. The number of likely N-dealkylation sites (tertiary alicyclic amines) is 2. The van der Waals surface area contributed by atoms with Crippen molar-refractivity contribution in [3.8, 4) is 11.5 Å². The van der Waals surface area contributed by atoms with Crippen LogP contribution in [0.2, 0.25) is 0 Å². The molecule has 2 fully saturated rings. The van der Waals surface area contributed by atoms with Crippen molar-refractivity contribution in [1.29, 1.82) is 0 Å². The van der Waals surface area contributed by atoms with Crippen molar-refractivity contribution >= 4 is 5.91 Å². The van der Waals surface area contributed by atoms with Crippen LogP contribution in [0.25, 0.3) is 0 Å². The smallest absolute Gasteiger partial charge is 0.223 e. The molecule has 2 heterocycles. The van der Waals surface area contributed by atoms with Gasteiger partial charge >= 0.3 is 0 Å². The van der Waals surface area contributed by atoms with Gasteiger partial charge in [0.05, 0.1) is 13.7 Å². The van der Waals surface area contributed by atoms with Gasteiger partial charge in [-0.15, -0.1) is 0 Å². The summed E-state index contributed by atoms with van der Waals surface area (Å²) < 4.78 is 10.9. The molecule has 26 heavy (non-hydrogen) atoms. The summed E-state index contributed by atoms with van der Waals surface area (Å²) in [6.07, 6.45) is 7.43. The number of ether oxygens (including phenoxy) is 2. The van der Waals surface area contributed by atoms with Crippen LogP contribution in [0.5, 0.6) is 11.5 Å². The Balaban J connectivity index is 1.44. The SMILES string of the molecule is COc1ccc(OCCCC(=O)N2CC[C@H]3[C@H]2CCCCCN3C)cc1. The molecule has 0 N–H and O–H groups in total. The Labute approximate surface area is 157 Å². The highest BCUT2D eigenvalue weighted by molar-refractivity contribution is 5.77. The predicted molar refractivity (Wildman–Crippen MR) is 103 cm³/mol. The molecular formula is C21H32N2O3. The van der Waals surface area contributed by atoms with Gasteiger partial charge in [0.2, 0.25) is 5.91 Å². The minimum Gasteiger partial charge on any atom is -0.497 e. The summed E-state index contributed by atoms with van der Waals surface area (Å²) in [6.45, 7) is 2.65. The zero-order chi connectivity index (χ0) is 18.4. The predicted octanol–water partition coefficient (Wildman–Crippen LogP) is 3.33. The number of hydrogen-bond donors (Lipinski definition) is 0. The molecule has 0 unspecified atom stereocenters. The van der Waals surface area contributed by atoms with Crippen molar-refractivity contribution in [2.75, 3.05) is 33.9 Å². The molecule has 5 heteroatoms. The summed E-state index contributed by atoms with van der Waals surface area (Å²) in [5.74, 6) is 1.94. The van der Waals surface area contributed by atoms with Crippen LogP contribution in [0.3, 0.4) is 0 Å². The molecular weight excluding hydrogens is 328 g/mol. The zero-order valence-electron chi connectivity index (χ0n) is 16.2. The van der Waals surface area contributed by atoms with Crippen molar-refractivity contribution in [3.63, 3.8) is 0 Å². The van der Waals surface area contributed by atoms with E-state index in [2.05, 4.69) is 16.8 Å². The molecule has 1 aromatic rings. The van der Waals surface area contributed by atoms with Crippen LogP contribution in [-0.2, 0) is 4.79 Å². The zero-order valence-corrected chi connectivity index (χ0v) is 16.2. The van der Waals surface area contributed by atoms with Crippen LogP contribution in [0, 0.1) is 0 Å². The molecule has 0 saturated carbocycles. The van der Waals surface area contributed by atoms with Gasteiger partial charge in [-0.2, -0.15) is 0 Å². The Bertz CT molecular complexity index is 575. The molecule has 1 amide bonds. The molecule has 2 saturated heterocycles. The summed E-state index contributed by atoms with van der Waals surface area (Å²) in [6, 6.07) is 8.53. The summed E-state index contributed by atoms with van der Waals surface area (Å²) in [7, 11) is 3.87. The Morgan fingerprint density at radius 3 is 2.58 bits per heavy atom. The minimum absolute atomic E-state index is 0.296. The van der Waals surface area contributed by atoms with Crippen LogP contribution in [0.1, 0.15) is 44.9 Å². The van der Waals surface area contributed by atoms with Crippen molar-refractivity contribution in [2.24, 2.45) is 0 Å². The lowest BCUT2D eigenvalue weighted by Crippen LogP contribution is -2.46. The highest BCUT2D eigenvalue weighted by Crippen LogP contribution is 2.29. The van der Waals surface area contributed by atoms with Crippen LogP contribution >= 0.6 is 0 Å². The molecule has 2 atom stereocenters. The fraction of sp³-hybridized carbons (Fsp3) is 0.667. The lowest BCUT2D eigenvalue weighted by atomic mass is 9.97. The lowest BCUT2D eigenvalue weighted by Gasteiger charge is -2.35. The van der Waals surface area contributed by atoms with E-state index < -0.39 is 0 Å². The largest absolute Gasteiger partial charge is 0.497 e. The van der Waals surface area contributed by atoms with Gasteiger partial charge in [-0.1, -0.05) is 12.8 Å². The maximum absolute atomic E-state index is 12.7. The highest BCUT2D eigenvalue weighted by Gasteiger charge is 2.38. The van der Waals surface area contributed by atoms with Crippen LogP contribution in [-0.4, -0.2) is 61.6 Å². The van der Waals surface area contributed by atoms with Crippen LogP contribution < -0.4 is 9.47 Å². The third-order valence-corrected chi connectivity index (χ3v) is 5.77. The number of amides is 1. The first-order valence-corrected chi connectivity index (χ1v) is 9.95. The number of carbonyl (C=O) groups excluding carboxylic acids is 1. The van der Waals surface area contributed by atoms with Gasteiger partial charge in [0.1, 0.15) is 11.5 Å². The number of hydrogen-bond acceptors (Lipinski definition) is 4. The Kier molecular flexibility index (Phi) is 6.78. The molecule has 0 aromatic heterocycles. The molecule has 1 aromatic carbocycles. The van der Waals surface area contributed by atoms with E-state index in [1.54, 1.807) is 7.11 Å². The van der Waals surface area contributed by atoms with Gasteiger partial charge in [0, 0.05) is 25.0 Å². The Hall–Kier alpha value is -1.75. The Morgan fingerprint density at radius 2 is 1.81 bits per heavy atom. The van der Waals surface area contributed by atoms with Crippen molar-refractivity contribution < 1.29 is 14.3 Å². The summed E-state index contributed by atoms with van der Waals surface area (Å²) in [5.41, 5.74) is 0. The number of benzene rings is 1. The second kappa shape index (κ2) is 9.26. The van der Waals surface area contributed by atoms with Gasteiger partial charge in [0.15, 0.2) is 0 Å². The van der Waals surface area contributed by atoms with Crippen molar-refractivity contribution in [1.82, 2.24) is 9.80 Å². The maximum atomic E-state index is 12.7. The molecule has 0 spiro atoms. The molecule has 5 nitrogen and oxygen atoms in total. The molecule has 0 radical (unpaired) electrons. The maximum Gasteiger partial charge on any atom is 0.223 e. The first kappa shape index (κ1) is 19.0. The van der Waals surface area contributed by atoms with Crippen molar-refractivity contribution in [2.45, 2.75) is 57.0 Å². The third kappa shape index (κ3) is 4.70. The molecule has 144 valence electrons. The minimum atomic E-state index is 0.296. The molecule has 3 rings (SSSR count).